The minimum Gasteiger partial charge on any atom is -0.358 e. The SMILES string of the molecule is CNC(=O)C[S]. The summed E-state index contributed by atoms with van der Waals surface area (Å²) in [6, 6.07) is 0. The molecule has 3 heteroatoms. The molecule has 2 nitrogen and oxygen atoms in total. The number of carbonyl (C=O) groups is 1. The Balaban J connectivity index is 2.99. The second kappa shape index (κ2) is 3.03. The van der Waals surface area contributed by atoms with Crippen LogP contribution in [0.1, 0.15) is 0 Å². The third-order valence-corrected chi connectivity index (χ3v) is 0.672. The molecule has 0 fully saturated rings. The molecule has 1 N–H and O–H groups in total. The molecule has 1 amide bonds. The largest absolute Gasteiger partial charge is 0.358 e. The molecule has 0 aromatic carbocycles. The molecule has 0 atom stereocenters. The fraction of sp³-hybridized carbons (Fsp3) is 0.667. The molecule has 0 heterocycles. The van der Waals surface area contributed by atoms with Crippen molar-refractivity contribution in [2.24, 2.45) is 0 Å². The normalized spacial score (nSPS) is 7.67. The molecule has 0 saturated carbocycles. The summed E-state index contributed by atoms with van der Waals surface area (Å²) in [6.45, 7) is 0. The van der Waals surface area contributed by atoms with E-state index in [0.29, 0.717) is 0 Å². The van der Waals surface area contributed by atoms with Crippen LogP contribution in [0.2, 0.25) is 0 Å². The Morgan fingerprint density at radius 3 is 2.50 bits per heavy atom. The Morgan fingerprint density at radius 1 is 2.00 bits per heavy atom. The second-order valence-corrected chi connectivity index (χ2v) is 1.11. The van der Waals surface area contributed by atoms with Gasteiger partial charge in [0.25, 0.3) is 0 Å². The third kappa shape index (κ3) is 2.08. The standard InChI is InChI=1S/C3H6NOS/c1-4-3(5)2-6/h2H2,1H3,(H,4,5). The van der Waals surface area contributed by atoms with Crippen molar-refractivity contribution in [3.63, 3.8) is 0 Å². The van der Waals surface area contributed by atoms with Gasteiger partial charge in [-0.15, -0.1) is 0 Å². The van der Waals surface area contributed by atoms with Crippen LogP contribution in [-0.4, -0.2) is 18.7 Å². The fourth-order valence-corrected chi connectivity index (χ4v) is 0.217. The van der Waals surface area contributed by atoms with Crippen molar-refractivity contribution in [3.05, 3.63) is 0 Å². The van der Waals surface area contributed by atoms with Crippen LogP contribution < -0.4 is 5.32 Å². The van der Waals surface area contributed by atoms with Gasteiger partial charge in [-0.1, -0.05) is 12.6 Å². The Bertz CT molecular complexity index is 48.8. The van der Waals surface area contributed by atoms with E-state index in [4.69, 9.17) is 0 Å². The number of amides is 1. The molecule has 0 saturated heterocycles. The van der Waals surface area contributed by atoms with Crippen LogP contribution in [0.4, 0.5) is 0 Å². The molecule has 0 aromatic heterocycles. The number of hydrogen-bond acceptors (Lipinski definition) is 1. The quantitative estimate of drug-likeness (QED) is 0.495. The summed E-state index contributed by atoms with van der Waals surface area (Å²) >= 11 is 4.36. The fourth-order valence-electron chi connectivity index (χ4n) is 0.0722. The predicted molar refractivity (Wildman–Crippen MR) is 26.5 cm³/mol. The Labute approximate surface area is 42.3 Å². The van der Waals surface area contributed by atoms with Gasteiger partial charge in [-0.2, -0.15) is 0 Å². The summed E-state index contributed by atoms with van der Waals surface area (Å²) in [5, 5.41) is 2.37. The van der Waals surface area contributed by atoms with Gasteiger partial charge >= 0.3 is 0 Å². The minimum atomic E-state index is -0.0926. The van der Waals surface area contributed by atoms with Gasteiger partial charge in [-0.05, 0) is 0 Å². The molecule has 6 heavy (non-hydrogen) atoms. The molecule has 0 spiro atoms. The van der Waals surface area contributed by atoms with E-state index >= 15 is 0 Å². The molecular weight excluding hydrogens is 98.1 g/mol. The highest BCUT2D eigenvalue weighted by Crippen LogP contribution is 1.67. The highest BCUT2D eigenvalue weighted by molar-refractivity contribution is 7.81. The zero-order chi connectivity index (χ0) is 4.99. The summed E-state index contributed by atoms with van der Waals surface area (Å²) < 4.78 is 0. The van der Waals surface area contributed by atoms with Crippen LogP contribution in [0, 0.1) is 0 Å². The first-order valence-electron chi connectivity index (χ1n) is 1.60. The van der Waals surface area contributed by atoms with Gasteiger partial charge in [0.2, 0.25) is 5.91 Å². The molecule has 35 valence electrons. The van der Waals surface area contributed by atoms with E-state index < -0.39 is 0 Å². The van der Waals surface area contributed by atoms with E-state index in [-0.39, 0.29) is 11.7 Å². The molecular formula is C3H6NOS. The zero-order valence-corrected chi connectivity index (χ0v) is 4.34. The molecule has 0 aromatic rings. The predicted octanol–water partition coefficient (Wildman–Crippen LogP) is -0.0701. The topological polar surface area (TPSA) is 29.1 Å². The summed E-state index contributed by atoms with van der Waals surface area (Å²) in [5.74, 6) is 0.0706. The zero-order valence-electron chi connectivity index (χ0n) is 3.52. The van der Waals surface area contributed by atoms with Gasteiger partial charge in [0.1, 0.15) is 0 Å². The van der Waals surface area contributed by atoms with E-state index in [1.54, 1.807) is 7.05 Å². The summed E-state index contributed by atoms with van der Waals surface area (Å²) in [7, 11) is 1.56. The molecule has 0 aliphatic heterocycles. The first-order chi connectivity index (χ1) is 2.81. The number of nitrogens with one attached hydrogen (secondary N) is 1. The van der Waals surface area contributed by atoms with Crippen molar-refractivity contribution in [2.45, 2.75) is 0 Å². The van der Waals surface area contributed by atoms with Gasteiger partial charge in [-0.25, -0.2) is 0 Å². The number of hydrogen-bond donors (Lipinski definition) is 1. The van der Waals surface area contributed by atoms with E-state index in [0.717, 1.165) is 0 Å². The molecule has 0 rings (SSSR count). The average Bonchev–Trinajstić information content (AvgIpc) is 1.65. The van der Waals surface area contributed by atoms with Crippen molar-refractivity contribution in [2.75, 3.05) is 12.8 Å². The minimum absolute atomic E-state index is 0.0926. The molecule has 0 unspecified atom stereocenters. The third-order valence-electron chi connectivity index (χ3n) is 0.410. The van der Waals surface area contributed by atoms with Crippen molar-refractivity contribution in [1.29, 1.82) is 0 Å². The van der Waals surface area contributed by atoms with Gasteiger partial charge in [0, 0.05) is 7.05 Å². The van der Waals surface area contributed by atoms with E-state index in [1.807, 2.05) is 0 Å². The van der Waals surface area contributed by atoms with Crippen molar-refractivity contribution in [1.82, 2.24) is 5.32 Å². The highest BCUT2D eigenvalue weighted by Gasteiger charge is 1.86. The summed E-state index contributed by atoms with van der Waals surface area (Å²) in [4.78, 5) is 9.97. The van der Waals surface area contributed by atoms with Gasteiger partial charge in [0.15, 0.2) is 0 Å². The first kappa shape index (κ1) is 5.82. The second-order valence-electron chi connectivity index (χ2n) is 0.818. The molecule has 0 aliphatic carbocycles. The molecule has 1 radical (unpaired) electrons. The van der Waals surface area contributed by atoms with Crippen LogP contribution in [0.25, 0.3) is 0 Å². The van der Waals surface area contributed by atoms with Crippen LogP contribution >= 0.6 is 12.6 Å². The van der Waals surface area contributed by atoms with Crippen molar-refractivity contribution >= 4 is 18.5 Å². The van der Waals surface area contributed by atoms with Crippen molar-refractivity contribution < 1.29 is 4.79 Å². The van der Waals surface area contributed by atoms with Crippen LogP contribution in [-0.2, 0) is 4.79 Å². The average molecular weight is 104 g/mol. The maximum absolute atomic E-state index is 9.97. The van der Waals surface area contributed by atoms with Gasteiger partial charge in [-0.3, -0.25) is 4.79 Å². The Hall–Kier alpha value is -0.180. The smallest absolute Gasteiger partial charge is 0.230 e. The maximum Gasteiger partial charge on any atom is 0.230 e. The molecule has 0 bridgehead atoms. The van der Waals surface area contributed by atoms with E-state index in [9.17, 15) is 4.79 Å². The Morgan fingerprint density at radius 2 is 2.50 bits per heavy atom. The van der Waals surface area contributed by atoms with Crippen LogP contribution in [0.3, 0.4) is 0 Å². The van der Waals surface area contributed by atoms with E-state index in [2.05, 4.69) is 17.9 Å². The van der Waals surface area contributed by atoms with Gasteiger partial charge in [0.05, 0.1) is 5.75 Å². The monoisotopic (exact) mass is 104 g/mol. The summed E-state index contributed by atoms with van der Waals surface area (Å²) in [6.07, 6.45) is 0. The lowest BCUT2D eigenvalue weighted by molar-refractivity contribution is -0.118. The van der Waals surface area contributed by atoms with Crippen LogP contribution in [0.15, 0.2) is 0 Å². The Kier molecular flexibility index (Phi) is 2.94. The highest BCUT2D eigenvalue weighted by atomic mass is 32.1. The lowest BCUT2D eigenvalue weighted by Crippen LogP contribution is -2.18. The van der Waals surface area contributed by atoms with E-state index in [1.165, 1.54) is 0 Å². The number of rotatable bonds is 1. The van der Waals surface area contributed by atoms with Crippen LogP contribution in [0.5, 0.6) is 0 Å². The van der Waals surface area contributed by atoms with Crippen molar-refractivity contribution in [3.8, 4) is 0 Å². The summed E-state index contributed by atoms with van der Waals surface area (Å²) in [5.41, 5.74) is 0. The van der Waals surface area contributed by atoms with Gasteiger partial charge < -0.3 is 5.32 Å². The lowest BCUT2D eigenvalue weighted by atomic mass is 10.7. The molecule has 0 aliphatic rings. The number of carbonyl (C=O) groups excluding carboxylic acids is 1. The maximum atomic E-state index is 9.97. The lowest BCUT2D eigenvalue weighted by Gasteiger charge is -1.85. The first-order valence-corrected chi connectivity index (χ1v) is 2.17.